The van der Waals surface area contributed by atoms with Gasteiger partial charge in [0, 0.05) is 15.4 Å². The van der Waals surface area contributed by atoms with Gasteiger partial charge in [0.1, 0.15) is 5.82 Å². The zero-order valence-electron chi connectivity index (χ0n) is 11.4. The number of benzene rings is 2. The number of amides is 1. The normalized spacial score (nSPS) is 13.5. The molecule has 0 spiro atoms. The van der Waals surface area contributed by atoms with Crippen LogP contribution in [0.3, 0.4) is 0 Å². The van der Waals surface area contributed by atoms with Crippen molar-refractivity contribution < 1.29 is 9.18 Å². The molecule has 1 unspecified atom stereocenters. The highest BCUT2D eigenvalue weighted by atomic mass is 79.9. The van der Waals surface area contributed by atoms with Crippen LogP contribution in [0.1, 0.15) is 22.8 Å². The molecular formula is C16H14Br2FNO. The van der Waals surface area contributed by atoms with E-state index in [1.807, 2.05) is 37.3 Å². The summed E-state index contributed by atoms with van der Waals surface area (Å²) in [6.45, 7) is 1.92. The highest BCUT2D eigenvalue weighted by Gasteiger charge is 2.27. The van der Waals surface area contributed by atoms with Gasteiger partial charge in [-0.05, 0) is 30.7 Å². The maximum Gasteiger partial charge on any atom is 0.252 e. The zero-order chi connectivity index (χ0) is 15.5. The van der Waals surface area contributed by atoms with Crippen molar-refractivity contribution >= 4 is 37.8 Å². The molecule has 2 nitrogen and oxygen atoms in total. The van der Waals surface area contributed by atoms with E-state index in [0.29, 0.717) is 9.80 Å². The summed E-state index contributed by atoms with van der Waals surface area (Å²) in [5.74, 6) is -0.768. The zero-order valence-corrected chi connectivity index (χ0v) is 14.5. The van der Waals surface area contributed by atoms with Crippen molar-refractivity contribution in [1.82, 2.24) is 5.32 Å². The molecule has 2 aromatic carbocycles. The summed E-state index contributed by atoms with van der Waals surface area (Å²) in [6, 6.07) is 13.8. The summed E-state index contributed by atoms with van der Waals surface area (Å²) in [5.41, 5.74) is 0.688. The second kappa shape index (κ2) is 6.71. The van der Waals surface area contributed by atoms with E-state index in [1.54, 1.807) is 6.07 Å². The molecule has 0 saturated heterocycles. The number of alkyl halides is 1. The lowest BCUT2D eigenvalue weighted by Gasteiger charge is -2.29. The summed E-state index contributed by atoms with van der Waals surface area (Å²) >= 11 is 6.63. The Morgan fingerprint density at radius 3 is 2.48 bits per heavy atom. The van der Waals surface area contributed by atoms with Crippen LogP contribution in [0, 0.1) is 5.82 Å². The van der Waals surface area contributed by atoms with Gasteiger partial charge in [0.05, 0.1) is 5.54 Å². The van der Waals surface area contributed by atoms with Crippen LogP contribution >= 0.6 is 31.9 Å². The molecule has 5 heteroatoms. The fraction of sp³-hybridized carbons (Fsp3) is 0.188. The molecule has 0 aliphatic heterocycles. The van der Waals surface area contributed by atoms with Crippen molar-refractivity contribution in [3.63, 3.8) is 0 Å². The van der Waals surface area contributed by atoms with E-state index in [0.717, 1.165) is 5.56 Å². The second-order valence-electron chi connectivity index (χ2n) is 4.94. The number of nitrogens with one attached hydrogen (secondary N) is 1. The Hall–Kier alpha value is -1.20. The molecule has 2 aromatic rings. The van der Waals surface area contributed by atoms with Crippen LogP contribution in [0.2, 0.25) is 0 Å². The molecule has 0 fully saturated rings. The van der Waals surface area contributed by atoms with Crippen LogP contribution in [0.4, 0.5) is 4.39 Å². The topological polar surface area (TPSA) is 29.1 Å². The Bertz CT molecular complexity index is 628. The molecule has 0 aliphatic rings. The average molecular weight is 415 g/mol. The predicted molar refractivity (Wildman–Crippen MR) is 89.2 cm³/mol. The van der Waals surface area contributed by atoms with Gasteiger partial charge in [-0.3, -0.25) is 4.79 Å². The van der Waals surface area contributed by atoms with Gasteiger partial charge in [-0.1, -0.05) is 62.2 Å². The quantitative estimate of drug-likeness (QED) is 0.726. The molecule has 0 heterocycles. The number of hydrogen-bond acceptors (Lipinski definition) is 1. The van der Waals surface area contributed by atoms with Gasteiger partial charge >= 0.3 is 0 Å². The number of carbonyl (C=O) groups is 1. The summed E-state index contributed by atoms with van der Waals surface area (Å²) in [6.07, 6.45) is 0. The molecule has 1 atom stereocenters. The van der Waals surface area contributed by atoms with E-state index in [9.17, 15) is 9.18 Å². The molecule has 2 rings (SSSR count). The van der Waals surface area contributed by atoms with Gasteiger partial charge < -0.3 is 5.32 Å². The SMILES string of the molecule is CC(CBr)(NC(=O)c1cc(F)cc(Br)c1)c1ccccc1. The lowest BCUT2D eigenvalue weighted by Crippen LogP contribution is -2.44. The summed E-state index contributed by atoms with van der Waals surface area (Å²) in [5, 5.41) is 3.50. The highest BCUT2D eigenvalue weighted by molar-refractivity contribution is 9.10. The summed E-state index contributed by atoms with van der Waals surface area (Å²) < 4.78 is 13.9. The smallest absolute Gasteiger partial charge is 0.252 e. The lowest BCUT2D eigenvalue weighted by atomic mass is 9.94. The summed E-state index contributed by atoms with van der Waals surface area (Å²) in [4.78, 5) is 12.4. The fourth-order valence-electron chi connectivity index (χ4n) is 2.00. The van der Waals surface area contributed by atoms with Crippen LogP contribution < -0.4 is 5.32 Å². The Morgan fingerprint density at radius 1 is 1.24 bits per heavy atom. The first-order valence-electron chi connectivity index (χ1n) is 6.35. The Kier molecular flexibility index (Phi) is 5.17. The van der Waals surface area contributed by atoms with E-state index < -0.39 is 11.4 Å². The number of halogens is 3. The monoisotopic (exact) mass is 413 g/mol. The van der Waals surface area contributed by atoms with E-state index in [4.69, 9.17) is 0 Å². The van der Waals surface area contributed by atoms with Crippen molar-refractivity contribution in [2.75, 3.05) is 5.33 Å². The lowest BCUT2D eigenvalue weighted by molar-refractivity contribution is 0.0913. The van der Waals surface area contributed by atoms with E-state index in [2.05, 4.69) is 37.2 Å². The first kappa shape index (κ1) is 16.2. The fourth-order valence-corrected chi connectivity index (χ4v) is 2.93. The maximum absolute atomic E-state index is 13.4. The van der Waals surface area contributed by atoms with Crippen LogP contribution in [0.15, 0.2) is 53.0 Å². The second-order valence-corrected chi connectivity index (χ2v) is 6.42. The minimum atomic E-state index is -0.572. The van der Waals surface area contributed by atoms with E-state index in [1.165, 1.54) is 12.1 Å². The molecule has 1 N–H and O–H groups in total. The van der Waals surface area contributed by atoms with Gasteiger partial charge in [-0.25, -0.2) is 4.39 Å². The maximum atomic E-state index is 13.4. The van der Waals surface area contributed by atoms with Gasteiger partial charge in [0.2, 0.25) is 0 Å². The molecule has 110 valence electrons. The molecule has 1 amide bonds. The number of carbonyl (C=O) groups excluding carboxylic acids is 1. The average Bonchev–Trinajstić information content (AvgIpc) is 2.47. The van der Waals surface area contributed by atoms with Crippen LogP contribution in [0.5, 0.6) is 0 Å². The van der Waals surface area contributed by atoms with Gasteiger partial charge in [-0.15, -0.1) is 0 Å². The van der Waals surface area contributed by atoms with Gasteiger partial charge in [0.15, 0.2) is 0 Å². The van der Waals surface area contributed by atoms with Crippen molar-refractivity contribution in [3.8, 4) is 0 Å². The van der Waals surface area contributed by atoms with E-state index >= 15 is 0 Å². The molecule has 21 heavy (non-hydrogen) atoms. The van der Waals surface area contributed by atoms with Crippen LogP contribution in [0.25, 0.3) is 0 Å². The minimum Gasteiger partial charge on any atom is -0.342 e. The number of rotatable bonds is 4. The Morgan fingerprint density at radius 2 is 1.90 bits per heavy atom. The van der Waals surface area contributed by atoms with Crippen LogP contribution in [-0.4, -0.2) is 11.2 Å². The predicted octanol–water partition coefficient (Wildman–Crippen LogP) is 4.63. The number of hydrogen-bond donors (Lipinski definition) is 1. The molecule has 0 aromatic heterocycles. The third kappa shape index (κ3) is 3.92. The third-order valence-corrected chi connectivity index (χ3v) is 4.77. The molecule has 0 saturated carbocycles. The van der Waals surface area contributed by atoms with Crippen LogP contribution in [-0.2, 0) is 5.54 Å². The Balaban J connectivity index is 2.28. The largest absolute Gasteiger partial charge is 0.342 e. The summed E-state index contributed by atoms with van der Waals surface area (Å²) in [7, 11) is 0. The van der Waals surface area contributed by atoms with Crippen molar-refractivity contribution in [3.05, 3.63) is 69.9 Å². The molecule has 0 bridgehead atoms. The minimum absolute atomic E-state index is 0.282. The molecule has 0 aliphatic carbocycles. The van der Waals surface area contributed by atoms with Gasteiger partial charge in [0.25, 0.3) is 5.91 Å². The third-order valence-electron chi connectivity index (χ3n) is 3.19. The first-order chi connectivity index (χ1) is 9.94. The molecular weight excluding hydrogens is 401 g/mol. The van der Waals surface area contributed by atoms with Crippen molar-refractivity contribution in [2.45, 2.75) is 12.5 Å². The first-order valence-corrected chi connectivity index (χ1v) is 8.26. The molecule has 0 radical (unpaired) electrons. The Labute approximate surface area is 140 Å². The standard InChI is InChI=1S/C16H14Br2FNO/c1-16(10-17,12-5-3-2-4-6-12)20-15(21)11-7-13(18)9-14(19)8-11/h2-9H,10H2,1H3,(H,20,21). The van der Waals surface area contributed by atoms with Crippen molar-refractivity contribution in [1.29, 1.82) is 0 Å². The van der Waals surface area contributed by atoms with Crippen molar-refractivity contribution in [2.24, 2.45) is 0 Å². The van der Waals surface area contributed by atoms with E-state index in [-0.39, 0.29) is 11.5 Å². The van der Waals surface area contributed by atoms with Gasteiger partial charge in [-0.2, -0.15) is 0 Å². The highest BCUT2D eigenvalue weighted by Crippen LogP contribution is 2.24.